The van der Waals surface area contributed by atoms with Gasteiger partial charge in [-0.3, -0.25) is 0 Å². The summed E-state index contributed by atoms with van der Waals surface area (Å²) in [6, 6.07) is 21.7. The van der Waals surface area contributed by atoms with E-state index in [1.807, 2.05) is 42.5 Å². The Morgan fingerprint density at radius 2 is 1.88 bits per heavy atom. The molecule has 0 radical (unpaired) electrons. The van der Waals surface area contributed by atoms with Crippen molar-refractivity contribution in [3.05, 3.63) is 100 Å². The molecule has 6 nitrogen and oxygen atoms in total. The molecule has 4 rings (SSSR count). The molecule has 0 fully saturated rings. The molecular formula is C25H23ClN4O2S. The van der Waals surface area contributed by atoms with Crippen LogP contribution < -0.4 is 9.47 Å². The number of ether oxygens (including phenoxy) is 2. The Morgan fingerprint density at radius 3 is 2.67 bits per heavy atom. The number of hydrogen-bond acceptors (Lipinski definition) is 6. The van der Waals surface area contributed by atoms with Gasteiger partial charge in [0.1, 0.15) is 12.9 Å². The lowest BCUT2D eigenvalue weighted by Gasteiger charge is -2.13. The molecule has 0 aliphatic rings. The Kier molecular flexibility index (Phi) is 7.65. The standard InChI is InChI=1S/C25H23ClN4O2S/c1-18-9-11-19(12-10-18)16-33-25-29-27-17-30(25)28-14-21-6-4-8-23(31-2)24(21)32-15-20-5-3-7-22(26)13-20/h3-14,17H,15-16H2,1-2H3/b28-14+. The van der Waals surface area contributed by atoms with E-state index in [-0.39, 0.29) is 0 Å². The topological polar surface area (TPSA) is 61.5 Å². The van der Waals surface area contributed by atoms with Crippen LogP contribution in [0.5, 0.6) is 11.5 Å². The smallest absolute Gasteiger partial charge is 0.212 e. The van der Waals surface area contributed by atoms with Crippen LogP contribution >= 0.6 is 23.4 Å². The molecule has 1 heterocycles. The highest BCUT2D eigenvalue weighted by atomic mass is 35.5. The summed E-state index contributed by atoms with van der Waals surface area (Å²) in [7, 11) is 1.61. The van der Waals surface area contributed by atoms with Crippen molar-refractivity contribution >= 4 is 29.6 Å². The van der Waals surface area contributed by atoms with E-state index in [9.17, 15) is 0 Å². The first-order valence-corrected chi connectivity index (χ1v) is 11.7. The fraction of sp³-hybridized carbons (Fsp3) is 0.160. The highest BCUT2D eigenvalue weighted by molar-refractivity contribution is 7.98. The van der Waals surface area contributed by atoms with Crippen molar-refractivity contribution in [1.29, 1.82) is 0 Å². The fourth-order valence-corrected chi connectivity index (χ4v) is 4.11. The summed E-state index contributed by atoms with van der Waals surface area (Å²) < 4.78 is 13.3. The SMILES string of the molecule is COc1cccc(/C=N/n2cnnc2SCc2ccc(C)cc2)c1OCc1cccc(Cl)c1. The number of rotatable bonds is 9. The molecule has 8 heteroatoms. The minimum absolute atomic E-state index is 0.353. The Hall–Kier alpha value is -3.29. The maximum atomic E-state index is 6.09. The number of benzene rings is 3. The number of thioether (sulfide) groups is 1. The summed E-state index contributed by atoms with van der Waals surface area (Å²) in [5.74, 6) is 2.01. The van der Waals surface area contributed by atoms with Gasteiger partial charge in [-0.05, 0) is 42.3 Å². The van der Waals surface area contributed by atoms with Gasteiger partial charge in [0.15, 0.2) is 11.5 Å². The molecule has 168 valence electrons. The molecule has 0 saturated carbocycles. The Bertz CT molecular complexity index is 1240. The minimum atomic E-state index is 0.353. The molecule has 0 bridgehead atoms. The maximum Gasteiger partial charge on any atom is 0.212 e. The lowest BCUT2D eigenvalue weighted by atomic mass is 10.2. The lowest BCUT2D eigenvalue weighted by molar-refractivity contribution is 0.284. The quantitative estimate of drug-likeness (QED) is 0.218. The number of methoxy groups -OCH3 is 1. The number of hydrogen-bond donors (Lipinski definition) is 0. The van der Waals surface area contributed by atoms with E-state index in [0.29, 0.717) is 28.3 Å². The molecule has 0 N–H and O–H groups in total. The molecule has 0 aliphatic carbocycles. The predicted octanol–water partition coefficient (Wildman–Crippen LogP) is 6.00. The molecule has 3 aromatic carbocycles. The largest absolute Gasteiger partial charge is 0.493 e. The van der Waals surface area contributed by atoms with Crippen LogP contribution in [0.25, 0.3) is 0 Å². The van der Waals surface area contributed by atoms with Crippen molar-refractivity contribution in [1.82, 2.24) is 14.9 Å². The minimum Gasteiger partial charge on any atom is -0.493 e. The third-order valence-corrected chi connectivity index (χ3v) is 6.05. The highest BCUT2D eigenvalue weighted by Crippen LogP contribution is 2.31. The normalized spacial score (nSPS) is 11.1. The van der Waals surface area contributed by atoms with Crippen molar-refractivity contribution < 1.29 is 9.47 Å². The van der Waals surface area contributed by atoms with Crippen molar-refractivity contribution in [3.8, 4) is 11.5 Å². The van der Waals surface area contributed by atoms with Gasteiger partial charge in [0.2, 0.25) is 5.16 Å². The van der Waals surface area contributed by atoms with Crippen LogP contribution in [0.1, 0.15) is 22.3 Å². The van der Waals surface area contributed by atoms with Gasteiger partial charge in [-0.1, -0.05) is 71.4 Å². The van der Waals surface area contributed by atoms with Gasteiger partial charge < -0.3 is 9.47 Å². The van der Waals surface area contributed by atoms with Crippen LogP contribution in [0.2, 0.25) is 5.02 Å². The summed E-state index contributed by atoms with van der Waals surface area (Å²) in [5, 5.41) is 14.1. The van der Waals surface area contributed by atoms with Crippen molar-refractivity contribution in [2.75, 3.05) is 7.11 Å². The van der Waals surface area contributed by atoms with Crippen LogP contribution in [-0.2, 0) is 12.4 Å². The van der Waals surface area contributed by atoms with E-state index in [1.165, 1.54) is 11.1 Å². The molecular weight excluding hydrogens is 456 g/mol. The zero-order valence-corrected chi connectivity index (χ0v) is 19.9. The van der Waals surface area contributed by atoms with Crippen LogP contribution in [0.4, 0.5) is 0 Å². The monoisotopic (exact) mass is 478 g/mol. The second-order valence-electron chi connectivity index (χ2n) is 7.27. The first kappa shape index (κ1) is 22.9. The van der Waals surface area contributed by atoms with Crippen LogP contribution in [-0.4, -0.2) is 28.2 Å². The number of aromatic nitrogens is 3. The van der Waals surface area contributed by atoms with E-state index in [1.54, 1.807) is 36.1 Å². The van der Waals surface area contributed by atoms with Crippen LogP contribution in [0.3, 0.4) is 0 Å². The zero-order chi connectivity index (χ0) is 23.0. The third kappa shape index (κ3) is 6.15. The summed E-state index contributed by atoms with van der Waals surface area (Å²) in [5.41, 5.74) is 4.20. The Morgan fingerprint density at radius 1 is 1.06 bits per heavy atom. The van der Waals surface area contributed by atoms with E-state index < -0.39 is 0 Å². The lowest BCUT2D eigenvalue weighted by Crippen LogP contribution is -2.01. The average molecular weight is 479 g/mol. The Balaban J connectivity index is 1.50. The van der Waals surface area contributed by atoms with Gasteiger partial charge >= 0.3 is 0 Å². The molecule has 0 unspecified atom stereocenters. The summed E-state index contributed by atoms with van der Waals surface area (Å²) in [6.07, 6.45) is 3.30. The van der Waals surface area contributed by atoms with Crippen LogP contribution in [0, 0.1) is 6.92 Å². The van der Waals surface area contributed by atoms with E-state index in [2.05, 4.69) is 46.5 Å². The second-order valence-corrected chi connectivity index (χ2v) is 8.65. The first-order chi connectivity index (χ1) is 16.1. The Labute approximate surface area is 202 Å². The van der Waals surface area contributed by atoms with Gasteiger partial charge in [0.05, 0.1) is 13.3 Å². The van der Waals surface area contributed by atoms with Gasteiger partial charge in [0, 0.05) is 16.3 Å². The van der Waals surface area contributed by atoms with Crippen molar-refractivity contribution in [2.24, 2.45) is 5.10 Å². The summed E-state index contributed by atoms with van der Waals surface area (Å²) in [4.78, 5) is 0. The van der Waals surface area contributed by atoms with E-state index >= 15 is 0 Å². The molecule has 4 aromatic rings. The third-order valence-electron chi connectivity index (χ3n) is 4.81. The summed E-state index contributed by atoms with van der Waals surface area (Å²) >= 11 is 7.67. The molecule has 0 atom stereocenters. The maximum absolute atomic E-state index is 6.09. The highest BCUT2D eigenvalue weighted by Gasteiger charge is 2.11. The second kappa shape index (κ2) is 11.0. The van der Waals surface area contributed by atoms with E-state index in [0.717, 1.165) is 16.9 Å². The number of nitrogens with zero attached hydrogens (tertiary/aromatic N) is 4. The van der Waals surface area contributed by atoms with Gasteiger partial charge in [-0.2, -0.15) is 9.78 Å². The summed E-state index contributed by atoms with van der Waals surface area (Å²) in [6.45, 7) is 2.43. The molecule has 0 amide bonds. The average Bonchev–Trinajstić information content (AvgIpc) is 3.28. The predicted molar refractivity (Wildman–Crippen MR) is 133 cm³/mol. The van der Waals surface area contributed by atoms with Gasteiger partial charge in [-0.15, -0.1) is 10.2 Å². The van der Waals surface area contributed by atoms with Crippen LogP contribution in [0.15, 0.2) is 83.3 Å². The molecule has 1 aromatic heterocycles. The zero-order valence-electron chi connectivity index (χ0n) is 18.3. The van der Waals surface area contributed by atoms with E-state index in [4.69, 9.17) is 21.1 Å². The number of para-hydroxylation sites is 1. The number of aryl methyl sites for hydroxylation is 1. The van der Waals surface area contributed by atoms with Gasteiger partial charge in [0.25, 0.3) is 0 Å². The first-order valence-electron chi connectivity index (χ1n) is 10.3. The molecule has 33 heavy (non-hydrogen) atoms. The van der Waals surface area contributed by atoms with Gasteiger partial charge in [-0.25, -0.2) is 0 Å². The molecule has 0 saturated heterocycles. The van der Waals surface area contributed by atoms with Crippen molar-refractivity contribution in [2.45, 2.75) is 24.4 Å². The fourth-order valence-electron chi connectivity index (χ4n) is 3.08. The molecule has 0 spiro atoms. The number of halogens is 1. The van der Waals surface area contributed by atoms with Crippen molar-refractivity contribution in [3.63, 3.8) is 0 Å². The molecule has 0 aliphatic heterocycles.